The van der Waals surface area contributed by atoms with E-state index in [2.05, 4.69) is 20.9 Å². The molecule has 0 radical (unpaired) electrons. The van der Waals surface area contributed by atoms with Crippen LogP contribution in [0.3, 0.4) is 0 Å². The SMILES string of the molecule is Cc1[nH]c2ccccc2c1C(=O)COc1ccc(Br)cc1. The summed E-state index contributed by atoms with van der Waals surface area (Å²) in [5.74, 6) is 0.664. The lowest BCUT2D eigenvalue weighted by atomic mass is 10.1. The topological polar surface area (TPSA) is 42.1 Å². The highest BCUT2D eigenvalue weighted by Gasteiger charge is 2.16. The second-order valence-corrected chi connectivity index (χ2v) is 5.75. The number of Topliss-reactive ketones (excluding diaryl/α,β-unsaturated/α-hetero) is 1. The fraction of sp³-hybridized carbons (Fsp3) is 0.118. The van der Waals surface area contributed by atoms with E-state index in [9.17, 15) is 4.79 Å². The highest BCUT2D eigenvalue weighted by atomic mass is 79.9. The van der Waals surface area contributed by atoms with E-state index in [-0.39, 0.29) is 12.4 Å². The maximum atomic E-state index is 12.4. The van der Waals surface area contributed by atoms with Crippen LogP contribution in [-0.4, -0.2) is 17.4 Å². The van der Waals surface area contributed by atoms with Gasteiger partial charge in [-0.1, -0.05) is 34.1 Å². The molecule has 0 saturated carbocycles. The van der Waals surface area contributed by atoms with Crippen LogP contribution in [0.1, 0.15) is 16.1 Å². The predicted molar refractivity (Wildman–Crippen MR) is 87.0 cm³/mol. The summed E-state index contributed by atoms with van der Waals surface area (Å²) in [6.45, 7) is 1.94. The Bertz CT molecular complexity index is 790. The van der Waals surface area contributed by atoms with Crippen LogP contribution in [0.2, 0.25) is 0 Å². The third-order valence-electron chi connectivity index (χ3n) is 3.36. The van der Waals surface area contributed by atoms with Gasteiger partial charge in [-0.15, -0.1) is 0 Å². The van der Waals surface area contributed by atoms with E-state index in [1.165, 1.54) is 0 Å². The molecule has 3 nitrogen and oxygen atoms in total. The molecule has 0 bridgehead atoms. The molecule has 0 spiro atoms. The average Bonchev–Trinajstić information content (AvgIpc) is 2.82. The number of carbonyl (C=O) groups excluding carboxylic acids is 1. The summed E-state index contributed by atoms with van der Waals surface area (Å²) in [5.41, 5.74) is 2.56. The maximum absolute atomic E-state index is 12.4. The zero-order valence-electron chi connectivity index (χ0n) is 11.5. The van der Waals surface area contributed by atoms with Gasteiger partial charge in [0.2, 0.25) is 5.78 Å². The summed E-state index contributed by atoms with van der Waals surface area (Å²) >= 11 is 3.37. The maximum Gasteiger partial charge on any atom is 0.202 e. The first-order valence-corrected chi connectivity index (χ1v) is 7.43. The van der Waals surface area contributed by atoms with Crippen molar-refractivity contribution in [1.82, 2.24) is 4.98 Å². The normalized spacial score (nSPS) is 10.8. The fourth-order valence-electron chi connectivity index (χ4n) is 2.39. The lowest BCUT2D eigenvalue weighted by Crippen LogP contribution is -2.12. The number of carbonyl (C=O) groups is 1. The van der Waals surface area contributed by atoms with Gasteiger partial charge in [0.1, 0.15) is 5.75 Å². The first-order valence-electron chi connectivity index (χ1n) is 6.64. The third kappa shape index (κ3) is 2.85. The summed E-state index contributed by atoms with van der Waals surface area (Å²) in [6.07, 6.45) is 0. The molecule has 0 atom stereocenters. The Morgan fingerprint density at radius 3 is 2.62 bits per heavy atom. The van der Waals surface area contributed by atoms with Crippen molar-refractivity contribution in [3.05, 3.63) is 64.3 Å². The zero-order valence-corrected chi connectivity index (χ0v) is 13.1. The summed E-state index contributed by atoms with van der Waals surface area (Å²) in [4.78, 5) is 15.7. The number of halogens is 1. The summed E-state index contributed by atoms with van der Waals surface area (Å²) in [7, 11) is 0. The number of ether oxygens (including phenoxy) is 1. The highest BCUT2D eigenvalue weighted by Crippen LogP contribution is 2.23. The molecular formula is C17H14BrNO2. The molecule has 3 rings (SSSR count). The Hall–Kier alpha value is -2.07. The molecule has 2 aromatic carbocycles. The van der Waals surface area contributed by atoms with Crippen LogP contribution in [0.4, 0.5) is 0 Å². The van der Waals surface area contributed by atoms with Crippen LogP contribution < -0.4 is 4.74 Å². The van der Waals surface area contributed by atoms with Crippen molar-refractivity contribution in [3.63, 3.8) is 0 Å². The zero-order chi connectivity index (χ0) is 14.8. The van der Waals surface area contributed by atoms with Gasteiger partial charge in [-0.25, -0.2) is 0 Å². The van der Waals surface area contributed by atoms with Crippen molar-refractivity contribution in [3.8, 4) is 5.75 Å². The van der Waals surface area contributed by atoms with Crippen LogP contribution in [0, 0.1) is 6.92 Å². The second kappa shape index (κ2) is 5.74. The van der Waals surface area contributed by atoms with Crippen LogP contribution in [0.25, 0.3) is 10.9 Å². The van der Waals surface area contributed by atoms with Crippen molar-refractivity contribution in [2.24, 2.45) is 0 Å². The number of H-pyrrole nitrogens is 1. The van der Waals surface area contributed by atoms with Crippen LogP contribution in [-0.2, 0) is 0 Å². The lowest BCUT2D eigenvalue weighted by molar-refractivity contribution is 0.0922. The molecule has 3 aromatic rings. The van der Waals surface area contributed by atoms with Crippen LogP contribution in [0.5, 0.6) is 5.75 Å². The van der Waals surface area contributed by atoms with Gasteiger partial charge >= 0.3 is 0 Å². The standard InChI is InChI=1S/C17H14BrNO2/c1-11-17(14-4-2-3-5-15(14)19-11)16(20)10-21-13-8-6-12(18)7-9-13/h2-9,19H,10H2,1H3. The molecule has 0 saturated heterocycles. The van der Waals surface area contributed by atoms with Gasteiger partial charge in [-0.05, 0) is 37.3 Å². The minimum absolute atomic E-state index is 0.0205. The summed E-state index contributed by atoms with van der Waals surface area (Å²) in [5, 5.41) is 0.944. The number of rotatable bonds is 4. The predicted octanol–water partition coefficient (Wildman–Crippen LogP) is 4.50. The van der Waals surface area contributed by atoms with Crippen LogP contribution >= 0.6 is 15.9 Å². The van der Waals surface area contributed by atoms with Gasteiger partial charge < -0.3 is 9.72 Å². The molecule has 106 valence electrons. The molecule has 4 heteroatoms. The number of aryl methyl sites for hydroxylation is 1. The molecule has 0 aliphatic heterocycles. The van der Waals surface area contributed by atoms with Crippen molar-refractivity contribution >= 4 is 32.6 Å². The van der Waals surface area contributed by atoms with Crippen LogP contribution in [0.15, 0.2) is 53.0 Å². The molecule has 0 aliphatic carbocycles. The number of aromatic amines is 1. The number of hydrogen-bond acceptors (Lipinski definition) is 2. The van der Waals surface area contributed by atoms with Crippen molar-refractivity contribution in [2.45, 2.75) is 6.92 Å². The molecule has 0 aliphatic rings. The molecule has 1 heterocycles. The van der Waals surface area contributed by atoms with Crippen molar-refractivity contribution < 1.29 is 9.53 Å². The van der Waals surface area contributed by atoms with Crippen molar-refractivity contribution in [1.29, 1.82) is 0 Å². The Morgan fingerprint density at radius 1 is 1.14 bits per heavy atom. The van der Waals surface area contributed by atoms with E-state index in [1.54, 1.807) is 0 Å². The molecular weight excluding hydrogens is 330 g/mol. The highest BCUT2D eigenvalue weighted by molar-refractivity contribution is 9.10. The first kappa shape index (κ1) is 13.9. The lowest BCUT2D eigenvalue weighted by Gasteiger charge is -2.06. The number of hydrogen-bond donors (Lipinski definition) is 1. The number of benzene rings is 2. The number of aromatic nitrogens is 1. The van der Waals surface area contributed by atoms with Gasteiger partial charge in [-0.3, -0.25) is 4.79 Å². The Kier molecular flexibility index (Phi) is 3.80. The van der Waals surface area contributed by atoms with E-state index in [0.717, 1.165) is 21.1 Å². The van der Waals surface area contributed by atoms with Gasteiger partial charge in [0.25, 0.3) is 0 Å². The number of para-hydroxylation sites is 1. The molecule has 21 heavy (non-hydrogen) atoms. The molecule has 1 aromatic heterocycles. The third-order valence-corrected chi connectivity index (χ3v) is 3.88. The quantitative estimate of drug-likeness (QED) is 0.708. The Labute approximate surface area is 131 Å². The summed E-state index contributed by atoms with van der Waals surface area (Å²) in [6, 6.07) is 15.2. The average molecular weight is 344 g/mol. The molecule has 0 unspecified atom stereocenters. The van der Waals surface area contributed by atoms with E-state index < -0.39 is 0 Å². The van der Waals surface area contributed by atoms with E-state index in [4.69, 9.17) is 4.74 Å². The summed E-state index contributed by atoms with van der Waals surface area (Å²) < 4.78 is 6.55. The minimum atomic E-state index is -0.0205. The molecule has 1 N–H and O–H groups in total. The Balaban J connectivity index is 1.81. The number of ketones is 1. The largest absolute Gasteiger partial charge is 0.485 e. The monoisotopic (exact) mass is 343 g/mol. The van der Waals surface area contributed by atoms with Gasteiger partial charge in [0, 0.05) is 26.6 Å². The molecule has 0 amide bonds. The van der Waals surface area contributed by atoms with Gasteiger partial charge in [0.05, 0.1) is 0 Å². The first-order chi connectivity index (χ1) is 10.1. The number of nitrogens with one attached hydrogen (secondary N) is 1. The smallest absolute Gasteiger partial charge is 0.202 e. The van der Waals surface area contributed by atoms with E-state index in [0.29, 0.717) is 11.3 Å². The van der Waals surface area contributed by atoms with Gasteiger partial charge in [0.15, 0.2) is 6.61 Å². The molecule has 0 fully saturated rings. The minimum Gasteiger partial charge on any atom is -0.485 e. The Morgan fingerprint density at radius 2 is 1.86 bits per heavy atom. The van der Waals surface area contributed by atoms with E-state index >= 15 is 0 Å². The van der Waals surface area contributed by atoms with Gasteiger partial charge in [-0.2, -0.15) is 0 Å². The fourth-order valence-corrected chi connectivity index (χ4v) is 2.65. The number of fused-ring (bicyclic) bond motifs is 1. The van der Waals surface area contributed by atoms with E-state index in [1.807, 2.05) is 55.5 Å². The second-order valence-electron chi connectivity index (χ2n) is 4.84. The van der Waals surface area contributed by atoms with Crippen molar-refractivity contribution in [2.75, 3.05) is 6.61 Å².